The molecule has 0 radical (unpaired) electrons. The highest BCUT2D eigenvalue weighted by molar-refractivity contribution is 6.02. The van der Waals surface area contributed by atoms with E-state index in [0.29, 0.717) is 17.7 Å². The monoisotopic (exact) mass is 542 g/mol. The molecule has 39 heavy (non-hydrogen) atoms. The van der Waals surface area contributed by atoms with Crippen molar-refractivity contribution < 1.29 is 24.2 Å². The molecule has 7 heteroatoms. The lowest BCUT2D eigenvalue weighted by molar-refractivity contribution is 0.0301. The van der Waals surface area contributed by atoms with Crippen LogP contribution in [0.15, 0.2) is 30.3 Å². The van der Waals surface area contributed by atoms with Gasteiger partial charge in [-0.25, -0.2) is 4.79 Å². The SMILES string of the molecule is CCCCCCCCCCCCCCC(=O)c1cc(OC[C@H](CO)OC(=O)NC)c2cc(N(C)C)ccc2c1. The summed E-state index contributed by atoms with van der Waals surface area (Å²) >= 11 is 0. The van der Waals surface area contributed by atoms with Crippen LogP contribution in [0.5, 0.6) is 5.75 Å². The van der Waals surface area contributed by atoms with Crippen LogP contribution in [0.25, 0.3) is 10.8 Å². The molecule has 0 bridgehead atoms. The molecule has 0 fully saturated rings. The molecule has 1 amide bonds. The number of rotatable bonds is 20. The summed E-state index contributed by atoms with van der Waals surface area (Å²) in [5.41, 5.74) is 1.62. The molecule has 2 aromatic rings. The molecule has 2 N–H and O–H groups in total. The largest absolute Gasteiger partial charge is 0.489 e. The number of hydrogen-bond acceptors (Lipinski definition) is 6. The molecule has 2 rings (SSSR count). The number of nitrogens with zero attached hydrogens (tertiary/aromatic N) is 1. The van der Waals surface area contributed by atoms with Crippen molar-refractivity contribution in [3.63, 3.8) is 0 Å². The molecule has 2 aromatic carbocycles. The molecule has 218 valence electrons. The maximum Gasteiger partial charge on any atom is 0.407 e. The molecule has 0 spiro atoms. The van der Waals surface area contributed by atoms with Crippen molar-refractivity contribution in [3.8, 4) is 5.75 Å². The van der Waals surface area contributed by atoms with E-state index in [0.717, 1.165) is 29.3 Å². The maximum absolute atomic E-state index is 13.1. The Morgan fingerprint density at radius 3 is 2.08 bits per heavy atom. The van der Waals surface area contributed by atoms with Gasteiger partial charge in [-0.1, -0.05) is 83.6 Å². The summed E-state index contributed by atoms with van der Waals surface area (Å²) < 4.78 is 11.2. The van der Waals surface area contributed by atoms with Gasteiger partial charge in [0.1, 0.15) is 12.4 Å². The van der Waals surface area contributed by atoms with E-state index < -0.39 is 12.2 Å². The second-order valence-corrected chi connectivity index (χ2v) is 10.6. The van der Waals surface area contributed by atoms with E-state index in [1.807, 2.05) is 43.3 Å². The van der Waals surface area contributed by atoms with Gasteiger partial charge < -0.3 is 24.8 Å². The fourth-order valence-electron chi connectivity index (χ4n) is 4.66. The average molecular weight is 543 g/mol. The molecule has 0 saturated heterocycles. The summed E-state index contributed by atoms with van der Waals surface area (Å²) in [6.45, 7) is 1.86. The summed E-state index contributed by atoms with van der Waals surface area (Å²) in [4.78, 5) is 26.7. The lowest BCUT2D eigenvalue weighted by Crippen LogP contribution is -2.32. The smallest absolute Gasteiger partial charge is 0.407 e. The van der Waals surface area contributed by atoms with Crippen LogP contribution in [0, 0.1) is 0 Å². The Bertz CT molecular complexity index is 1010. The fraction of sp³-hybridized carbons (Fsp3) is 0.625. The zero-order chi connectivity index (χ0) is 28.5. The van der Waals surface area contributed by atoms with Gasteiger partial charge in [0.05, 0.1) is 6.61 Å². The number of ether oxygens (including phenoxy) is 2. The molecule has 0 heterocycles. The van der Waals surface area contributed by atoms with Crippen molar-refractivity contribution in [1.29, 1.82) is 0 Å². The van der Waals surface area contributed by atoms with E-state index in [-0.39, 0.29) is 19.0 Å². The Kier molecular flexibility index (Phi) is 15.4. The summed E-state index contributed by atoms with van der Waals surface area (Å²) in [5.74, 6) is 0.638. The van der Waals surface area contributed by atoms with Crippen LogP contribution in [0.1, 0.15) is 101 Å². The van der Waals surface area contributed by atoms with Crippen molar-refractivity contribution in [1.82, 2.24) is 5.32 Å². The Labute approximate surface area is 235 Å². The number of benzene rings is 2. The zero-order valence-electron chi connectivity index (χ0n) is 24.6. The first-order valence-electron chi connectivity index (χ1n) is 14.8. The number of carbonyl (C=O) groups is 2. The van der Waals surface area contributed by atoms with Gasteiger partial charge in [-0.15, -0.1) is 0 Å². The van der Waals surface area contributed by atoms with Crippen LogP contribution in [0.2, 0.25) is 0 Å². The van der Waals surface area contributed by atoms with Gasteiger partial charge in [0.15, 0.2) is 11.9 Å². The van der Waals surface area contributed by atoms with Gasteiger partial charge in [-0.05, 0) is 36.1 Å². The highest BCUT2D eigenvalue weighted by Crippen LogP contribution is 2.32. The normalized spacial score (nSPS) is 11.8. The van der Waals surface area contributed by atoms with Crippen LogP contribution in [-0.4, -0.2) is 57.4 Å². The van der Waals surface area contributed by atoms with Gasteiger partial charge in [0, 0.05) is 44.2 Å². The van der Waals surface area contributed by atoms with Gasteiger partial charge in [0.2, 0.25) is 0 Å². The van der Waals surface area contributed by atoms with Crippen LogP contribution in [0.3, 0.4) is 0 Å². The molecule has 0 aliphatic heterocycles. The Morgan fingerprint density at radius 2 is 1.51 bits per heavy atom. The van der Waals surface area contributed by atoms with Crippen LogP contribution >= 0.6 is 0 Å². The third kappa shape index (κ3) is 11.9. The number of hydrogen-bond donors (Lipinski definition) is 2. The Morgan fingerprint density at radius 1 is 0.897 bits per heavy atom. The second-order valence-electron chi connectivity index (χ2n) is 10.6. The zero-order valence-corrected chi connectivity index (χ0v) is 24.6. The van der Waals surface area contributed by atoms with E-state index in [4.69, 9.17) is 9.47 Å². The molecule has 0 aliphatic carbocycles. The third-order valence-electron chi connectivity index (χ3n) is 7.10. The average Bonchev–Trinajstić information content (AvgIpc) is 2.94. The standard InChI is InChI=1S/C32H50N2O5/c1-5-6-7-8-9-10-11-12-13-14-15-16-17-30(36)26-20-25-18-19-27(34(3)4)22-29(25)31(21-26)38-24-28(23-35)39-32(37)33-2/h18-22,28,35H,5-17,23-24H2,1-4H3,(H,33,37)/t28-/m0/s1. The highest BCUT2D eigenvalue weighted by Gasteiger charge is 2.17. The predicted molar refractivity (Wildman–Crippen MR) is 160 cm³/mol. The lowest BCUT2D eigenvalue weighted by Gasteiger charge is -2.19. The quantitative estimate of drug-likeness (QED) is 0.135. The summed E-state index contributed by atoms with van der Waals surface area (Å²) in [5, 5.41) is 13.8. The minimum absolute atomic E-state index is 0.0262. The lowest BCUT2D eigenvalue weighted by atomic mass is 9.99. The van der Waals surface area contributed by atoms with Crippen LogP contribution in [-0.2, 0) is 4.74 Å². The molecule has 0 unspecified atom stereocenters. The number of Topliss-reactive ketones (excluding diaryl/α,β-unsaturated/α-hetero) is 1. The topological polar surface area (TPSA) is 88.1 Å². The third-order valence-corrected chi connectivity index (χ3v) is 7.10. The number of anilines is 1. The van der Waals surface area contributed by atoms with Crippen molar-refractivity contribution in [2.75, 3.05) is 39.3 Å². The first-order valence-corrected chi connectivity index (χ1v) is 14.8. The van der Waals surface area contributed by atoms with Gasteiger partial charge in [0.25, 0.3) is 0 Å². The minimum atomic E-state index is -0.822. The van der Waals surface area contributed by atoms with E-state index in [9.17, 15) is 14.7 Å². The van der Waals surface area contributed by atoms with Crippen LogP contribution in [0.4, 0.5) is 10.5 Å². The molecular formula is C32H50N2O5. The van der Waals surface area contributed by atoms with Crippen LogP contribution < -0.4 is 15.0 Å². The number of aliphatic hydroxyl groups is 1. The van der Waals surface area contributed by atoms with Crippen molar-refractivity contribution in [2.24, 2.45) is 0 Å². The number of carbonyl (C=O) groups excluding carboxylic acids is 2. The summed E-state index contributed by atoms with van der Waals surface area (Å²) in [6.07, 6.45) is 14.2. The number of ketones is 1. The van der Waals surface area contributed by atoms with Gasteiger partial charge >= 0.3 is 6.09 Å². The molecular weight excluding hydrogens is 492 g/mol. The molecule has 7 nitrogen and oxygen atoms in total. The molecule has 0 aromatic heterocycles. The van der Waals surface area contributed by atoms with Crippen molar-refractivity contribution >= 4 is 28.3 Å². The second kappa shape index (κ2) is 18.5. The predicted octanol–water partition coefficient (Wildman–Crippen LogP) is 7.28. The number of nitrogens with one attached hydrogen (secondary N) is 1. The molecule has 1 atom stereocenters. The summed E-state index contributed by atoms with van der Waals surface area (Å²) in [6, 6.07) is 9.71. The van der Waals surface area contributed by atoms with Crippen molar-refractivity contribution in [3.05, 3.63) is 35.9 Å². The summed E-state index contributed by atoms with van der Waals surface area (Å²) in [7, 11) is 5.39. The maximum atomic E-state index is 13.1. The number of aliphatic hydroxyl groups excluding tert-OH is 1. The van der Waals surface area contributed by atoms with E-state index >= 15 is 0 Å². The van der Waals surface area contributed by atoms with E-state index in [1.165, 1.54) is 71.3 Å². The van der Waals surface area contributed by atoms with Crippen molar-refractivity contribution in [2.45, 2.75) is 96.5 Å². The highest BCUT2D eigenvalue weighted by atomic mass is 16.6. The Balaban J connectivity index is 1.93. The first-order chi connectivity index (χ1) is 18.9. The van der Waals surface area contributed by atoms with Gasteiger partial charge in [-0.2, -0.15) is 0 Å². The van der Waals surface area contributed by atoms with E-state index in [1.54, 1.807) is 6.07 Å². The number of fused-ring (bicyclic) bond motifs is 1. The number of amides is 1. The number of unbranched alkanes of at least 4 members (excludes halogenated alkanes) is 11. The fourth-order valence-corrected chi connectivity index (χ4v) is 4.66. The molecule has 0 aliphatic rings. The molecule has 0 saturated carbocycles. The number of alkyl carbamates (subject to hydrolysis) is 1. The minimum Gasteiger partial charge on any atom is -0.489 e. The van der Waals surface area contributed by atoms with E-state index in [2.05, 4.69) is 12.2 Å². The first kappa shape index (κ1) is 32.4. The Hall–Kier alpha value is -2.80. The van der Waals surface area contributed by atoms with Gasteiger partial charge in [-0.3, -0.25) is 4.79 Å².